The highest BCUT2D eigenvalue weighted by atomic mass is 35.5. The van der Waals surface area contributed by atoms with Crippen LogP contribution in [0.1, 0.15) is 34.4 Å². The Kier molecular flexibility index (Phi) is 8.42. The summed E-state index contributed by atoms with van der Waals surface area (Å²) in [5.41, 5.74) is 4.29. The van der Waals surface area contributed by atoms with E-state index in [9.17, 15) is 8.78 Å². The zero-order chi connectivity index (χ0) is 24.8. The molecule has 0 aliphatic heterocycles. The van der Waals surface area contributed by atoms with Crippen molar-refractivity contribution in [1.29, 1.82) is 0 Å². The SMILES string of the molecule is COCCCc1ccc(CCc2ccc3c(F)c(CCc4cc(F)c(Cl)c(F)c4)ccc3c2)nc1. The van der Waals surface area contributed by atoms with Gasteiger partial charge in [0.05, 0.1) is 0 Å². The number of benzene rings is 3. The van der Waals surface area contributed by atoms with Crippen LogP contribution < -0.4 is 0 Å². The normalized spacial score (nSPS) is 11.3. The maximum atomic E-state index is 15.1. The van der Waals surface area contributed by atoms with Crippen molar-refractivity contribution in [3.8, 4) is 0 Å². The first kappa shape index (κ1) is 25.2. The van der Waals surface area contributed by atoms with Crippen molar-refractivity contribution in [2.24, 2.45) is 0 Å². The van der Waals surface area contributed by atoms with Gasteiger partial charge >= 0.3 is 0 Å². The van der Waals surface area contributed by atoms with Crippen LogP contribution in [0.15, 0.2) is 60.8 Å². The molecule has 0 bridgehead atoms. The average Bonchev–Trinajstić information content (AvgIpc) is 2.86. The number of methoxy groups -OCH3 is 1. The second-order valence-corrected chi connectivity index (χ2v) is 9.10. The van der Waals surface area contributed by atoms with Gasteiger partial charge in [-0.25, -0.2) is 13.2 Å². The third-order valence-electron chi connectivity index (χ3n) is 6.19. The van der Waals surface area contributed by atoms with Gasteiger partial charge in [0.25, 0.3) is 0 Å². The topological polar surface area (TPSA) is 22.1 Å². The summed E-state index contributed by atoms with van der Waals surface area (Å²) in [6, 6.07) is 16.0. The van der Waals surface area contributed by atoms with E-state index in [0.717, 1.165) is 48.9 Å². The lowest BCUT2D eigenvalue weighted by Gasteiger charge is -2.10. The lowest BCUT2D eigenvalue weighted by Crippen LogP contribution is -1.99. The molecule has 4 rings (SSSR count). The van der Waals surface area contributed by atoms with Gasteiger partial charge in [0.15, 0.2) is 0 Å². The minimum absolute atomic E-state index is 0.297. The molecule has 0 aliphatic carbocycles. The van der Waals surface area contributed by atoms with Crippen LogP contribution in [0.2, 0.25) is 5.02 Å². The molecule has 0 radical (unpaired) electrons. The molecule has 0 fully saturated rings. The molecule has 0 spiro atoms. The summed E-state index contributed by atoms with van der Waals surface area (Å²) in [5, 5.41) is 0.846. The predicted octanol–water partition coefficient (Wildman–Crippen LogP) is 7.45. The first-order valence-electron chi connectivity index (χ1n) is 11.7. The fourth-order valence-corrected chi connectivity index (χ4v) is 4.32. The molecule has 182 valence electrons. The highest BCUT2D eigenvalue weighted by Crippen LogP contribution is 2.26. The zero-order valence-corrected chi connectivity index (χ0v) is 20.3. The van der Waals surface area contributed by atoms with Crippen LogP contribution in [0.5, 0.6) is 0 Å². The molecule has 0 aliphatic rings. The van der Waals surface area contributed by atoms with Gasteiger partial charge in [0.1, 0.15) is 22.5 Å². The Morgan fingerprint density at radius 2 is 1.51 bits per heavy atom. The molecule has 6 heteroatoms. The lowest BCUT2D eigenvalue weighted by atomic mass is 9.97. The Labute approximate surface area is 208 Å². The van der Waals surface area contributed by atoms with E-state index in [4.69, 9.17) is 16.3 Å². The Hall–Kier alpha value is -2.89. The van der Waals surface area contributed by atoms with Gasteiger partial charge < -0.3 is 4.74 Å². The smallest absolute Gasteiger partial charge is 0.145 e. The molecule has 2 nitrogen and oxygen atoms in total. The van der Waals surface area contributed by atoms with Crippen LogP contribution in [-0.2, 0) is 36.8 Å². The van der Waals surface area contributed by atoms with Crippen LogP contribution in [0, 0.1) is 17.5 Å². The van der Waals surface area contributed by atoms with E-state index in [-0.39, 0.29) is 5.82 Å². The molecule has 0 unspecified atom stereocenters. The van der Waals surface area contributed by atoms with Gasteiger partial charge in [-0.15, -0.1) is 0 Å². The Balaban J connectivity index is 1.39. The number of nitrogens with zero attached hydrogens (tertiary/aromatic N) is 1. The molecule has 1 aromatic heterocycles. The van der Waals surface area contributed by atoms with E-state index >= 15 is 4.39 Å². The number of pyridine rings is 1. The third-order valence-corrected chi connectivity index (χ3v) is 6.56. The number of aromatic nitrogens is 1. The van der Waals surface area contributed by atoms with Crippen LogP contribution >= 0.6 is 11.6 Å². The Morgan fingerprint density at radius 1 is 0.771 bits per heavy atom. The molecule has 35 heavy (non-hydrogen) atoms. The number of ether oxygens (including phenoxy) is 1. The number of hydrogen-bond donors (Lipinski definition) is 0. The monoisotopic (exact) mass is 497 g/mol. The Bertz CT molecular complexity index is 1280. The number of fused-ring (bicyclic) bond motifs is 1. The molecule has 1 heterocycles. The quantitative estimate of drug-likeness (QED) is 0.168. The maximum Gasteiger partial charge on any atom is 0.145 e. The zero-order valence-electron chi connectivity index (χ0n) is 19.6. The van der Waals surface area contributed by atoms with E-state index in [1.807, 2.05) is 24.4 Å². The van der Waals surface area contributed by atoms with Crippen molar-refractivity contribution in [2.45, 2.75) is 38.5 Å². The fraction of sp³-hybridized carbons (Fsp3) is 0.276. The first-order valence-corrected chi connectivity index (χ1v) is 12.1. The third kappa shape index (κ3) is 6.41. The molecule has 4 aromatic rings. The van der Waals surface area contributed by atoms with Crippen molar-refractivity contribution in [3.63, 3.8) is 0 Å². The molecule has 0 atom stereocenters. The first-order chi connectivity index (χ1) is 16.9. The summed E-state index contributed by atoms with van der Waals surface area (Å²) in [5.74, 6) is -1.91. The highest BCUT2D eigenvalue weighted by Gasteiger charge is 2.12. The lowest BCUT2D eigenvalue weighted by molar-refractivity contribution is 0.195. The van der Waals surface area contributed by atoms with Crippen LogP contribution in [0.3, 0.4) is 0 Å². The molecule has 0 N–H and O–H groups in total. The second-order valence-electron chi connectivity index (χ2n) is 8.72. The minimum atomic E-state index is -0.804. The van der Waals surface area contributed by atoms with Crippen LogP contribution in [-0.4, -0.2) is 18.7 Å². The number of halogens is 4. The number of rotatable bonds is 10. The van der Waals surface area contributed by atoms with Crippen molar-refractivity contribution in [2.75, 3.05) is 13.7 Å². The van der Waals surface area contributed by atoms with Gasteiger partial charge in [-0.2, -0.15) is 0 Å². The van der Waals surface area contributed by atoms with E-state index in [1.54, 1.807) is 19.2 Å². The Morgan fingerprint density at radius 3 is 2.23 bits per heavy atom. The molecular formula is C29H27ClF3NO. The fourth-order valence-electron chi connectivity index (χ4n) is 4.21. The second kappa shape index (κ2) is 11.7. The van der Waals surface area contributed by atoms with Gasteiger partial charge in [0.2, 0.25) is 0 Å². The van der Waals surface area contributed by atoms with Crippen molar-refractivity contribution in [3.05, 3.63) is 111 Å². The van der Waals surface area contributed by atoms with E-state index in [2.05, 4.69) is 17.1 Å². The summed E-state index contributed by atoms with van der Waals surface area (Å²) in [6.07, 6.45) is 6.11. The molecule has 0 saturated heterocycles. The van der Waals surface area contributed by atoms with Gasteiger partial charge in [-0.05, 0) is 84.4 Å². The van der Waals surface area contributed by atoms with E-state index < -0.39 is 16.7 Å². The summed E-state index contributed by atoms with van der Waals surface area (Å²) in [7, 11) is 1.71. The number of hydrogen-bond acceptors (Lipinski definition) is 2. The average molecular weight is 498 g/mol. The van der Waals surface area contributed by atoms with Gasteiger partial charge in [-0.3, -0.25) is 4.98 Å². The van der Waals surface area contributed by atoms with Crippen molar-refractivity contribution in [1.82, 2.24) is 4.98 Å². The standard InChI is InChI=1S/C29H27ClF3NO/c1-35-14-2-3-20-6-12-24(34-18-20)11-5-19-7-13-25-23(15-19)10-9-22(29(25)33)8-4-21-16-26(31)28(30)27(32)17-21/h6-7,9-10,12-13,15-18H,2-5,8,11,14H2,1H3. The van der Waals surface area contributed by atoms with Gasteiger partial charge in [-0.1, -0.05) is 48.0 Å². The summed E-state index contributed by atoms with van der Waals surface area (Å²) in [4.78, 5) is 4.57. The number of aryl methyl sites for hydroxylation is 5. The summed E-state index contributed by atoms with van der Waals surface area (Å²) < 4.78 is 47.6. The van der Waals surface area contributed by atoms with Gasteiger partial charge in [0, 0.05) is 31.0 Å². The van der Waals surface area contributed by atoms with Crippen LogP contribution in [0.4, 0.5) is 13.2 Å². The highest BCUT2D eigenvalue weighted by molar-refractivity contribution is 6.30. The van der Waals surface area contributed by atoms with Crippen molar-refractivity contribution < 1.29 is 17.9 Å². The largest absolute Gasteiger partial charge is 0.385 e. The molecule has 3 aromatic carbocycles. The molecule has 0 saturated carbocycles. The maximum absolute atomic E-state index is 15.1. The molecular weight excluding hydrogens is 471 g/mol. The van der Waals surface area contributed by atoms with E-state index in [0.29, 0.717) is 29.4 Å². The van der Waals surface area contributed by atoms with E-state index in [1.165, 1.54) is 17.7 Å². The minimum Gasteiger partial charge on any atom is -0.385 e. The van der Waals surface area contributed by atoms with Crippen molar-refractivity contribution >= 4 is 22.4 Å². The predicted molar refractivity (Wildman–Crippen MR) is 135 cm³/mol. The summed E-state index contributed by atoms with van der Waals surface area (Å²) in [6.45, 7) is 0.744. The summed E-state index contributed by atoms with van der Waals surface area (Å²) >= 11 is 5.54. The van der Waals surface area contributed by atoms with Crippen LogP contribution in [0.25, 0.3) is 10.8 Å². The molecule has 0 amide bonds.